The molecule has 4 nitrogen and oxygen atoms in total. The van der Waals surface area contributed by atoms with Crippen molar-refractivity contribution in [2.24, 2.45) is 5.73 Å². The standard InChI is InChI=1S/C18H28BrN3O.2ClH/c1-18(20,14-7-9-15(19)10-8-14)17(23)22(3)13-11-16-6-4-5-12-21(16)2;;/h7-10,16H,4-6,11-13,20H2,1-3H3;2*1H. The Morgan fingerprint density at radius 2 is 1.92 bits per heavy atom. The molecule has 1 aromatic rings. The fraction of sp³-hybridized carbons (Fsp3) is 0.611. The van der Waals surface area contributed by atoms with Crippen molar-refractivity contribution in [3.05, 3.63) is 34.3 Å². The lowest BCUT2D eigenvalue weighted by molar-refractivity contribution is -0.135. The Hall–Kier alpha value is -0.330. The molecule has 2 N–H and O–H groups in total. The molecule has 25 heavy (non-hydrogen) atoms. The van der Waals surface area contributed by atoms with Crippen LogP contribution >= 0.6 is 40.7 Å². The number of rotatable bonds is 5. The molecular weight excluding hydrogens is 425 g/mol. The summed E-state index contributed by atoms with van der Waals surface area (Å²) in [6, 6.07) is 8.24. The van der Waals surface area contributed by atoms with Gasteiger partial charge in [-0.1, -0.05) is 34.5 Å². The van der Waals surface area contributed by atoms with Gasteiger partial charge < -0.3 is 15.5 Å². The lowest BCUT2D eigenvalue weighted by Gasteiger charge is -2.35. The lowest BCUT2D eigenvalue weighted by atomic mass is 9.91. The maximum atomic E-state index is 12.8. The molecule has 0 spiro atoms. The second kappa shape index (κ2) is 10.7. The number of hydrogen-bond donors (Lipinski definition) is 1. The van der Waals surface area contributed by atoms with Gasteiger partial charge in [0, 0.05) is 24.1 Å². The molecule has 7 heteroatoms. The number of carbonyl (C=O) groups excluding carboxylic acids is 1. The maximum absolute atomic E-state index is 12.8. The van der Waals surface area contributed by atoms with Gasteiger partial charge in [0.1, 0.15) is 5.54 Å². The van der Waals surface area contributed by atoms with Crippen LogP contribution in [0.5, 0.6) is 0 Å². The molecule has 1 aromatic carbocycles. The molecule has 1 fully saturated rings. The first-order valence-corrected chi connectivity index (χ1v) is 9.12. The first-order chi connectivity index (χ1) is 10.8. The predicted octanol–water partition coefficient (Wildman–Crippen LogP) is 3.80. The Labute approximate surface area is 172 Å². The van der Waals surface area contributed by atoms with Crippen molar-refractivity contribution in [2.45, 2.75) is 44.2 Å². The fourth-order valence-corrected chi connectivity index (χ4v) is 3.53. The molecule has 0 radical (unpaired) electrons. The van der Waals surface area contributed by atoms with Crippen molar-refractivity contribution >= 4 is 46.7 Å². The monoisotopic (exact) mass is 453 g/mol. The highest BCUT2D eigenvalue weighted by Gasteiger charge is 2.33. The van der Waals surface area contributed by atoms with Crippen LogP contribution in [0.1, 0.15) is 38.2 Å². The molecular formula is C18H30BrCl2N3O. The molecule has 144 valence electrons. The lowest BCUT2D eigenvalue weighted by Crippen LogP contribution is -2.50. The van der Waals surface area contributed by atoms with Crippen LogP contribution in [0.4, 0.5) is 0 Å². The summed E-state index contributed by atoms with van der Waals surface area (Å²) in [5.74, 6) is -0.0294. The van der Waals surface area contributed by atoms with E-state index in [9.17, 15) is 4.79 Å². The summed E-state index contributed by atoms with van der Waals surface area (Å²) < 4.78 is 0.984. The minimum atomic E-state index is -0.992. The molecule has 2 atom stereocenters. The van der Waals surface area contributed by atoms with Crippen LogP contribution in [0.25, 0.3) is 0 Å². The summed E-state index contributed by atoms with van der Waals surface area (Å²) in [4.78, 5) is 17.0. The minimum absolute atomic E-state index is 0. The van der Waals surface area contributed by atoms with E-state index in [0.717, 1.165) is 29.5 Å². The summed E-state index contributed by atoms with van der Waals surface area (Å²) in [6.07, 6.45) is 4.81. The van der Waals surface area contributed by atoms with Crippen LogP contribution in [0.2, 0.25) is 0 Å². The predicted molar refractivity (Wildman–Crippen MR) is 113 cm³/mol. The second-order valence-electron chi connectivity index (χ2n) is 6.85. The summed E-state index contributed by atoms with van der Waals surface area (Å²) >= 11 is 3.41. The number of piperidine rings is 1. The van der Waals surface area contributed by atoms with Gasteiger partial charge in [-0.3, -0.25) is 4.79 Å². The topological polar surface area (TPSA) is 49.6 Å². The Balaban J connectivity index is 0.00000288. The average molecular weight is 455 g/mol. The molecule has 0 saturated carbocycles. The highest BCUT2D eigenvalue weighted by Crippen LogP contribution is 2.23. The van der Waals surface area contributed by atoms with E-state index < -0.39 is 5.54 Å². The Morgan fingerprint density at radius 1 is 1.32 bits per heavy atom. The third-order valence-electron chi connectivity index (χ3n) is 4.95. The minimum Gasteiger partial charge on any atom is -0.344 e. The number of hydrogen-bond acceptors (Lipinski definition) is 3. The van der Waals surface area contributed by atoms with E-state index in [4.69, 9.17) is 5.73 Å². The van der Waals surface area contributed by atoms with Crippen LogP contribution in [0.3, 0.4) is 0 Å². The molecule has 0 bridgehead atoms. The Bertz CT molecular complexity index is 540. The van der Waals surface area contributed by atoms with Gasteiger partial charge in [-0.05, 0) is 57.5 Å². The van der Waals surface area contributed by atoms with Gasteiger partial charge in [0.2, 0.25) is 5.91 Å². The smallest absolute Gasteiger partial charge is 0.246 e. The van der Waals surface area contributed by atoms with Crippen molar-refractivity contribution in [3.8, 4) is 0 Å². The quantitative estimate of drug-likeness (QED) is 0.735. The number of nitrogens with two attached hydrogens (primary N) is 1. The van der Waals surface area contributed by atoms with Crippen LogP contribution in [0.15, 0.2) is 28.7 Å². The highest BCUT2D eigenvalue weighted by molar-refractivity contribution is 9.10. The summed E-state index contributed by atoms with van der Waals surface area (Å²) in [7, 11) is 4.04. The van der Waals surface area contributed by atoms with Gasteiger partial charge in [-0.15, -0.1) is 24.8 Å². The molecule has 1 saturated heterocycles. The number of benzene rings is 1. The molecule has 1 amide bonds. The van der Waals surface area contributed by atoms with Crippen molar-refractivity contribution in [1.82, 2.24) is 9.80 Å². The normalized spacial score (nSPS) is 20.0. The maximum Gasteiger partial charge on any atom is 0.246 e. The number of halogens is 3. The Morgan fingerprint density at radius 3 is 2.48 bits per heavy atom. The molecule has 0 aliphatic carbocycles. The van der Waals surface area contributed by atoms with E-state index in [0.29, 0.717) is 6.04 Å². The molecule has 1 aliphatic rings. The van der Waals surface area contributed by atoms with E-state index in [1.54, 1.807) is 11.8 Å². The molecule has 0 aromatic heterocycles. The van der Waals surface area contributed by atoms with Crippen molar-refractivity contribution in [2.75, 3.05) is 27.2 Å². The number of amides is 1. The van der Waals surface area contributed by atoms with Gasteiger partial charge in [-0.25, -0.2) is 0 Å². The van der Waals surface area contributed by atoms with Gasteiger partial charge in [0.05, 0.1) is 0 Å². The van der Waals surface area contributed by atoms with Crippen LogP contribution in [-0.2, 0) is 10.3 Å². The average Bonchev–Trinajstić information content (AvgIpc) is 2.53. The zero-order valence-electron chi connectivity index (χ0n) is 15.2. The number of likely N-dealkylation sites (tertiary alicyclic amines) is 1. The van der Waals surface area contributed by atoms with E-state index in [-0.39, 0.29) is 30.7 Å². The van der Waals surface area contributed by atoms with Crippen molar-refractivity contribution in [1.29, 1.82) is 0 Å². The zero-order valence-corrected chi connectivity index (χ0v) is 18.4. The van der Waals surface area contributed by atoms with Gasteiger partial charge in [0.25, 0.3) is 0 Å². The van der Waals surface area contributed by atoms with Crippen molar-refractivity contribution < 1.29 is 4.79 Å². The number of nitrogens with zero attached hydrogens (tertiary/aromatic N) is 2. The van der Waals surface area contributed by atoms with E-state index in [2.05, 4.69) is 27.9 Å². The zero-order chi connectivity index (χ0) is 17.0. The number of likely N-dealkylation sites (N-methyl/N-ethyl adjacent to an activating group) is 1. The van der Waals surface area contributed by atoms with Crippen LogP contribution in [0, 0.1) is 0 Å². The van der Waals surface area contributed by atoms with Crippen LogP contribution < -0.4 is 5.73 Å². The molecule has 1 aliphatic heterocycles. The van der Waals surface area contributed by atoms with Crippen LogP contribution in [-0.4, -0.2) is 48.9 Å². The van der Waals surface area contributed by atoms with E-state index in [1.807, 2.05) is 31.3 Å². The molecule has 2 unspecified atom stereocenters. The Kier molecular flexibility index (Phi) is 10.6. The third kappa shape index (κ3) is 6.40. The van der Waals surface area contributed by atoms with Gasteiger partial charge in [-0.2, -0.15) is 0 Å². The largest absolute Gasteiger partial charge is 0.344 e. The molecule has 1 heterocycles. The third-order valence-corrected chi connectivity index (χ3v) is 5.48. The first kappa shape index (κ1) is 24.7. The first-order valence-electron chi connectivity index (χ1n) is 8.33. The molecule has 2 rings (SSSR count). The van der Waals surface area contributed by atoms with E-state index in [1.165, 1.54) is 19.3 Å². The van der Waals surface area contributed by atoms with Gasteiger partial charge >= 0.3 is 0 Å². The van der Waals surface area contributed by atoms with Gasteiger partial charge in [0.15, 0.2) is 0 Å². The second-order valence-corrected chi connectivity index (χ2v) is 7.77. The summed E-state index contributed by atoms with van der Waals surface area (Å²) in [5, 5.41) is 0. The fourth-order valence-electron chi connectivity index (χ4n) is 3.27. The van der Waals surface area contributed by atoms with E-state index >= 15 is 0 Å². The SMILES string of the molecule is CN(CCC1CCCCN1C)C(=O)C(C)(N)c1ccc(Br)cc1.Cl.Cl. The van der Waals surface area contributed by atoms with Crippen molar-refractivity contribution in [3.63, 3.8) is 0 Å². The highest BCUT2D eigenvalue weighted by atomic mass is 79.9. The number of carbonyl (C=O) groups is 1. The summed E-state index contributed by atoms with van der Waals surface area (Å²) in [5.41, 5.74) is 6.20. The summed E-state index contributed by atoms with van der Waals surface area (Å²) in [6.45, 7) is 3.70.